The number of thioether (sulfide) groups is 1. The molecule has 0 amide bonds. The number of anilines is 1. The highest BCUT2D eigenvalue weighted by Gasteiger charge is 2.12. The molecule has 0 aliphatic carbocycles. The van der Waals surface area contributed by atoms with Crippen LogP contribution in [0.15, 0.2) is 24.3 Å². The lowest BCUT2D eigenvalue weighted by atomic mass is 10.1. The summed E-state index contributed by atoms with van der Waals surface area (Å²) >= 11 is 2.02. The normalized spacial score (nSPS) is 22.2. The van der Waals surface area contributed by atoms with Crippen molar-refractivity contribution in [1.82, 2.24) is 0 Å². The van der Waals surface area contributed by atoms with E-state index >= 15 is 0 Å². The summed E-state index contributed by atoms with van der Waals surface area (Å²) in [5, 5.41) is 4.07. The highest BCUT2D eigenvalue weighted by molar-refractivity contribution is 7.99. The van der Waals surface area contributed by atoms with E-state index in [1.54, 1.807) is 0 Å². The molecule has 0 aromatic heterocycles. The van der Waals surface area contributed by atoms with Gasteiger partial charge in [0, 0.05) is 23.2 Å². The van der Waals surface area contributed by atoms with Crippen LogP contribution in [0.3, 0.4) is 0 Å². The Labute approximate surface area is 77.6 Å². The van der Waals surface area contributed by atoms with Crippen LogP contribution in [-0.2, 0) is 0 Å². The third-order valence-corrected chi connectivity index (χ3v) is 3.38. The van der Waals surface area contributed by atoms with Gasteiger partial charge in [0.2, 0.25) is 0 Å². The first kappa shape index (κ1) is 7.99. The summed E-state index contributed by atoms with van der Waals surface area (Å²) in [7, 11) is 0. The van der Waals surface area contributed by atoms with E-state index in [1.165, 1.54) is 17.0 Å². The van der Waals surface area contributed by atoms with E-state index < -0.39 is 0 Å². The number of benzene rings is 1. The van der Waals surface area contributed by atoms with E-state index in [4.69, 9.17) is 0 Å². The van der Waals surface area contributed by atoms with Crippen LogP contribution in [-0.4, -0.2) is 12.3 Å². The van der Waals surface area contributed by atoms with Crippen molar-refractivity contribution in [2.24, 2.45) is 0 Å². The molecule has 0 saturated carbocycles. The SMILES string of the molecule is C[C@@H]1SCCNc2ccccc21. The summed E-state index contributed by atoms with van der Waals surface area (Å²) in [6.45, 7) is 3.36. The molecule has 0 bridgehead atoms. The molecule has 0 spiro atoms. The maximum Gasteiger partial charge on any atom is 0.0384 e. The van der Waals surface area contributed by atoms with Gasteiger partial charge in [0.05, 0.1) is 0 Å². The van der Waals surface area contributed by atoms with Gasteiger partial charge in [-0.3, -0.25) is 0 Å². The van der Waals surface area contributed by atoms with Crippen molar-refractivity contribution in [3.8, 4) is 0 Å². The molecular formula is C10H13NS. The average Bonchev–Trinajstić information content (AvgIpc) is 2.29. The summed E-state index contributed by atoms with van der Waals surface area (Å²) < 4.78 is 0. The van der Waals surface area contributed by atoms with Crippen molar-refractivity contribution in [3.05, 3.63) is 29.8 Å². The van der Waals surface area contributed by atoms with E-state index in [-0.39, 0.29) is 0 Å². The molecule has 2 rings (SSSR count). The fourth-order valence-corrected chi connectivity index (χ4v) is 2.48. The highest BCUT2D eigenvalue weighted by atomic mass is 32.2. The third-order valence-electron chi connectivity index (χ3n) is 2.18. The maximum absolute atomic E-state index is 3.43. The van der Waals surface area contributed by atoms with Crippen LogP contribution in [0.2, 0.25) is 0 Å². The summed E-state index contributed by atoms with van der Waals surface area (Å²) in [6, 6.07) is 8.58. The van der Waals surface area contributed by atoms with Gasteiger partial charge in [-0.25, -0.2) is 0 Å². The summed E-state index contributed by atoms with van der Waals surface area (Å²) in [4.78, 5) is 0. The van der Waals surface area contributed by atoms with E-state index in [2.05, 4.69) is 36.5 Å². The van der Waals surface area contributed by atoms with Gasteiger partial charge in [0.15, 0.2) is 0 Å². The van der Waals surface area contributed by atoms with Crippen LogP contribution in [0, 0.1) is 0 Å². The van der Waals surface area contributed by atoms with Gasteiger partial charge in [0.1, 0.15) is 0 Å². The molecule has 1 atom stereocenters. The fraction of sp³-hybridized carbons (Fsp3) is 0.400. The Balaban J connectivity index is 2.39. The Hall–Kier alpha value is -0.630. The summed E-state index contributed by atoms with van der Waals surface area (Å²) in [6.07, 6.45) is 0. The Morgan fingerprint density at radius 1 is 1.42 bits per heavy atom. The van der Waals surface area contributed by atoms with Crippen molar-refractivity contribution in [2.45, 2.75) is 12.2 Å². The number of hydrogen-bond donors (Lipinski definition) is 1. The highest BCUT2D eigenvalue weighted by Crippen LogP contribution is 2.34. The second kappa shape index (κ2) is 3.40. The summed E-state index contributed by atoms with van der Waals surface area (Å²) in [5.74, 6) is 1.20. The zero-order valence-electron chi connectivity index (χ0n) is 7.21. The maximum atomic E-state index is 3.43. The Morgan fingerprint density at radius 2 is 2.25 bits per heavy atom. The quantitative estimate of drug-likeness (QED) is 0.657. The minimum atomic E-state index is 0.635. The predicted molar refractivity (Wildman–Crippen MR) is 55.8 cm³/mol. The molecule has 0 saturated heterocycles. The molecule has 1 heterocycles. The zero-order chi connectivity index (χ0) is 8.39. The van der Waals surface area contributed by atoms with Crippen LogP contribution in [0.4, 0.5) is 5.69 Å². The van der Waals surface area contributed by atoms with Crippen molar-refractivity contribution < 1.29 is 0 Å². The molecule has 64 valence electrons. The lowest BCUT2D eigenvalue weighted by Crippen LogP contribution is -2.01. The number of fused-ring (bicyclic) bond motifs is 1. The fourth-order valence-electron chi connectivity index (χ4n) is 1.52. The van der Waals surface area contributed by atoms with Gasteiger partial charge in [0.25, 0.3) is 0 Å². The lowest BCUT2D eigenvalue weighted by molar-refractivity contribution is 1.11. The predicted octanol–water partition coefficient (Wildman–Crippen LogP) is 2.91. The molecule has 2 heteroatoms. The van der Waals surface area contributed by atoms with Crippen LogP contribution in [0.1, 0.15) is 17.7 Å². The first-order valence-corrected chi connectivity index (χ1v) is 5.37. The van der Waals surface area contributed by atoms with Gasteiger partial charge < -0.3 is 5.32 Å². The average molecular weight is 179 g/mol. The van der Waals surface area contributed by atoms with E-state index in [9.17, 15) is 0 Å². The van der Waals surface area contributed by atoms with Gasteiger partial charge in [-0.15, -0.1) is 0 Å². The number of para-hydroxylation sites is 1. The largest absolute Gasteiger partial charge is 0.384 e. The van der Waals surface area contributed by atoms with Crippen molar-refractivity contribution >= 4 is 17.4 Å². The Bertz CT molecular complexity index is 272. The second-order valence-electron chi connectivity index (χ2n) is 3.03. The molecule has 1 nitrogen and oxygen atoms in total. The number of nitrogens with one attached hydrogen (secondary N) is 1. The van der Waals surface area contributed by atoms with Crippen LogP contribution in [0.5, 0.6) is 0 Å². The summed E-state index contributed by atoms with van der Waals surface area (Å²) in [5.41, 5.74) is 2.76. The number of rotatable bonds is 0. The molecule has 1 aromatic rings. The minimum absolute atomic E-state index is 0.635. The second-order valence-corrected chi connectivity index (χ2v) is 4.48. The van der Waals surface area contributed by atoms with E-state index in [0.717, 1.165) is 6.54 Å². The topological polar surface area (TPSA) is 12.0 Å². The minimum Gasteiger partial charge on any atom is -0.384 e. The van der Waals surface area contributed by atoms with Crippen LogP contribution >= 0.6 is 11.8 Å². The molecule has 0 fully saturated rings. The van der Waals surface area contributed by atoms with Gasteiger partial charge >= 0.3 is 0 Å². The first-order valence-electron chi connectivity index (χ1n) is 4.32. The third kappa shape index (κ3) is 1.44. The van der Waals surface area contributed by atoms with Crippen molar-refractivity contribution in [1.29, 1.82) is 0 Å². The molecule has 1 N–H and O–H groups in total. The monoisotopic (exact) mass is 179 g/mol. The van der Waals surface area contributed by atoms with E-state index in [1.807, 2.05) is 11.8 Å². The molecular weight excluding hydrogens is 166 g/mol. The molecule has 12 heavy (non-hydrogen) atoms. The Morgan fingerprint density at radius 3 is 3.17 bits per heavy atom. The standard InChI is InChI=1S/C10H13NS/c1-8-9-4-2-3-5-10(9)11-6-7-12-8/h2-5,8,11H,6-7H2,1H3/t8-/m0/s1. The van der Waals surface area contributed by atoms with Crippen LogP contribution < -0.4 is 5.32 Å². The Kier molecular flexibility index (Phi) is 2.26. The first-order chi connectivity index (χ1) is 5.88. The van der Waals surface area contributed by atoms with Gasteiger partial charge in [-0.2, -0.15) is 11.8 Å². The van der Waals surface area contributed by atoms with E-state index in [0.29, 0.717) is 5.25 Å². The van der Waals surface area contributed by atoms with Gasteiger partial charge in [-0.1, -0.05) is 18.2 Å². The van der Waals surface area contributed by atoms with Gasteiger partial charge in [-0.05, 0) is 18.6 Å². The molecule has 1 aliphatic rings. The molecule has 0 unspecified atom stereocenters. The zero-order valence-corrected chi connectivity index (χ0v) is 8.03. The molecule has 0 radical (unpaired) electrons. The van der Waals surface area contributed by atoms with Crippen LogP contribution in [0.25, 0.3) is 0 Å². The molecule has 1 aromatic carbocycles. The number of hydrogen-bond acceptors (Lipinski definition) is 2. The van der Waals surface area contributed by atoms with Crippen molar-refractivity contribution in [2.75, 3.05) is 17.6 Å². The smallest absolute Gasteiger partial charge is 0.0384 e. The lowest BCUT2D eigenvalue weighted by Gasteiger charge is -2.10. The molecule has 1 aliphatic heterocycles. The van der Waals surface area contributed by atoms with Crippen molar-refractivity contribution in [3.63, 3.8) is 0 Å².